The number of hydroxylamine groups is 2. The molecule has 1 unspecified atom stereocenters. The summed E-state index contributed by atoms with van der Waals surface area (Å²) < 4.78 is -0.745. The first-order chi connectivity index (χ1) is 4.55. The van der Waals surface area contributed by atoms with E-state index in [0.29, 0.717) is 0 Å². The Labute approximate surface area is 53.4 Å². The molecule has 10 heavy (non-hydrogen) atoms. The van der Waals surface area contributed by atoms with Gasteiger partial charge in [-0.05, 0) is 0 Å². The normalized spacial score (nSPS) is 26.3. The molecule has 0 aromatic rings. The molecule has 0 spiro atoms. The predicted octanol–water partition coefficient (Wildman–Crippen LogP) is -2.67. The minimum absolute atomic E-state index is 0.745. The van der Waals surface area contributed by atoms with E-state index >= 15 is 0 Å². The van der Waals surface area contributed by atoms with Crippen molar-refractivity contribution in [2.24, 2.45) is 0 Å². The number of carbonyl (C=O) groups excluding carboxylic acids is 3. The van der Waals surface area contributed by atoms with Crippen molar-refractivity contribution in [3.05, 3.63) is 10.1 Å². The first-order valence-electron chi connectivity index (χ1n) is 2.20. The Bertz CT molecular complexity index is 230. The van der Waals surface area contributed by atoms with Gasteiger partial charge >= 0.3 is 17.8 Å². The lowest BCUT2D eigenvalue weighted by molar-refractivity contribution is -0.696. The van der Waals surface area contributed by atoms with Crippen molar-refractivity contribution in [3.8, 4) is 0 Å². The van der Waals surface area contributed by atoms with Gasteiger partial charge in [0.25, 0.3) is 0 Å². The van der Waals surface area contributed by atoms with E-state index in [4.69, 9.17) is 0 Å². The largest absolute Gasteiger partial charge is 0.656 e. The van der Waals surface area contributed by atoms with Crippen LogP contribution < -0.4 is 5.06 Å². The maximum absolute atomic E-state index is 10.2. The van der Waals surface area contributed by atoms with Crippen LogP contribution in [0.25, 0.3) is 0 Å². The van der Waals surface area contributed by atoms with E-state index in [0.717, 1.165) is 0 Å². The van der Waals surface area contributed by atoms with E-state index in [9.17, 15) is 24.5 Å². The van der Waals surface area contributed by atoms with E-state index in [-0.39, 0.29) is 0 Å². The van der Waals surface area contributed by atoms with Crippen molar-refractivity contribution in [3.63, 3.8) is 0 Å². The molecule has 4 amide bonds. The number of nitrogens with zero attached hydrogens (tertiary/aromatic N) is 1. The van der Waals surface area contributed by atoms with Gasteiger partial charge in [-0.3, -0.25) is 0 Å². The molecule has 1 aliphatic rings. The zero-order valence-electron chi connectivity index (χ0n) is 4.49. The van der Waals surface area contributed by atoms with Crippen molar-refractivity contribution >= 4 is 17.8 Å². The summed E-state index contributed by atoms with van der Waals surface area (Å²) in [6.07, 6.45) is 0. The van der Waals surface area contributed by atoms with Gasteiger partial charge in [-0.2, -0.15) is 14.7 Å². The summed E-state index contributed by atoms with van der Waals surface area (Å²) >= 11 is 0. The monoisotopic (exact) mass is 145 g/mol. The molecular formula is C3HN2O5+. The number of amides is 4. The molecule has 1 rings (SSSR count). The second-order valence-corrected chi connectivity index (χ2v) is 1.56. The number of hydrogen-bond acceptors (Lipinski definition) is 5. The minimum atomic E-state index is -1.60. The molecule has 1 heterocycles. The zero-order chi connectivity index (χ0) is 7.89. The third-order valence-electron chi connectivity index (χ3n) is 0.964. The molecule has 0 aromatic heterocycles. The van der Waals surface area contributed by atoms with Crippen LogP contribution in [0.4, 0.5) is 4.79 Å². The topological polar surface area (TPSA) is 98.8 Å². The molecule has 1 saturated heterocycles. The summed E-state index contributed by atoms with van der Waals surface area (Å²) in [5.74, 6) is -3.16. The fraction of sp³-hybridized carbons (Fsp3) is 0. The van der Waals surface area contributed by atoms with Crippen LogP contribution in [-0.4, -0.2) is 22.6 Å². The predicted molar refractivity (Wildman–Crippen MR) is 23.4 cm³/mol. The van der Waals surface area contributed by atoms with Gasteiger partial charge in [-0.1, -0.05) is 0 Å². The standard InChI is InChI=1S/C3HN2O5/c6-1-2(7)5(10)3(8)4(1)9/h4H/q+1. The van der Waals surface area contributed by atoms with Crippen LogP contribution in [0.3, 0.4) is 0 Å². The fourth-order valence-electron chi connectivity index (χ4n) is 0.471. The molecule has 7 heteroatoms. The quantitative estimate of drug-likeness (QED) is 0.173. The highest BCUT2D eigenvalue weighted by Crippen LogP contribution is 1.83. The highest BCUT2D eigenvalue weighted by atomic mass is 16.5. The Kier molecular flexibility index (Phi) is 1.17. The number of quaternary nitrogens is 1. The Morgan fingerprint density at radius 3 is 1.90 bits per heavy atom. The van der Waals surface area contributed by atoms with Gasteiger partial charge in [0, 0.05) is 4.91 Å². The molecule has 1 atom stereocenters. The van der Waals surface area contributed by atoms with Crippen LogP contribution in [-0.2, 0) is 9.59 Å². The first-order valence-corrected chi connectivity index (χ1v) is 2.20. The molecule has 1 aliphatic heterocycles. The van der Waals surface area contributed by atoms with Gasteiger partial charge in [-0.25, -0.2) is 4.79 Å². The lowest BCUT2D eigenvalue weighted by atomic mass is 10.6. The van der Waals surface area contributed by atoms with Crippen LogP contribution in [0, 0.1) is 10.1 Å². The molecule has 1 fully saturated rings. The van der Waals surface area contributed by atoms with Gasteiger partial charge in [-0.15, -0.1) is 0 Å². The van der Waals surface area contributed by atoms with E-state index in [1.54, 1.807) is 0 Å². The fourth-order valence-corrected chi connectivity index (χ4v) is 0.471. The van der Waals surface area contributed by atoms with Gasteiger partial charge in [0.05, 0.1) is 0 Å². The van der Waals surface area contributed by atoms with Crippen molar-refractivity contribution in [2.75, 3.05) is 0 Å². The molecule has 1 N–H and O–H groups in total. The summed E-state index contributed by atoms with van der Waals surface area (Å²) in [7, 11) is 0. The summed E-state index contributed by atoms with van der Waals surface area (Å²) in [5, 5.41) is 8.61. The number of urea groups is 1. The van der Waals surface area contributed by atoms with Crippen LogP contribution >= 0.6 is 0 Å². The molecule has 0 aliphatic carbocycles. The van der Waals surface area contributed by atoms with Gasteiger partial charge < -0.3 is 5.21 Å². The third kappa shape index (κ3) is 0.582. The second-order valence-electron chi connectivity index (χ2n) is 1.56. The second kappa shape index (κ2) is 1.75. The molecular weight excluding hydrogens is 144 g/mol. The van der Waals surface area contributed by atoms with Crippen LogP contribution in [0.5, 0.6) is 0 Å². The molecule has 52 valence electrons. The Morgan fingerprint density at radius 2 is 1.80 bits per heavy atom. The average molecular weight is 145 g/mol. The SMILES string of the molecule is O=C1C(=O)[NH+]([O-])C(=O)[N+]1=O. The van der Waals surface area contributed by atoms with Crippen molar-refractivity contribution in [2.45, 2.75) is 0 Å². The highest BCUT2D eigenvalue weighted by molar-refractivity contribution is 6.32. The third-order valence-corrected chi connectivity index (χ3v) is 0.964. The van der Waals surface area contributed by atoms with E-state index < -0.39 is 27.7 Å². The van der Waals surface area contributed by atoms with Crippen molar-refractivity contribution in [1.29, 1.82) is 0 Å². The minimum Gasteiger partial charge on any atom is -0.613 e. The summed E-state index contributed by atoms with van der Waals surface area (Å²) in [6, 6.07) is -1.60. The average Bonchev–Trinajstić information content (AvgIpc) is 2.07. The van der Waals surface area contributed by atoms with E-state index in [1.807, 2.05) is 0 Å². The number of rotatable bonds is 0. The maximum Gasteiger partial charge on any atom is 0.656 e. The Balaban J connectivity index is 3.12. The van der Waals surface area contributed by atoms with Gasteiger partial charge in [0.15, 0.2) is 0 Å². The van der Waals surface area contributed by atoms with Crippen LogP contribution in [0.2, 0.25) is 0 Å². The van der Waals surface area contributed by atoms with Gasteiger partial charge in [0.2, 0.25) is 4.76 Å². The smallest absolute Gasteiger partial charge is 0.613 e. The summed E-state index contributed by atoms with van der Waals surface area (Å²) in [6.45, 7) is 0. The highest BCUT2D eigenvalue weighted by Gasteiger charge is 2.59. The lowest BCUT2D eigenvalue weighted by Gasteiger charge is -1.95. The Morgan fingerprint density at radius 1 is 1.30 bits per heavy atom. The number of carbonyl (C=O) groups is 3. The lowest BCUT2D eigenvalue weighted by Crippen LogP contribution is -3.10. The summed E-state index contributed by atoms with van der Waals surface area (Å²) in [5.41, 5.74) is 0. The maximum atomic E-state index is 10.2. The summed E-state index contributed by atoms with van der Waals surface area (Å²) in [4.78, 5) is 40.6. The molecule has 0 saturated carbocycles. The first kappa shape index (κ1) is 6.65. The number of nitrogens with one attached hydrogen (secondary N) is 1. The van der Waals surface area contributed by atoms with Crippen LogP contribution in [0.15, 0.2) is 0 Å². The van der Waals surface area contributed by atoms with Gasteiger partial charge in [0.1, 0.15) is 0 Å². The number of imide groups is 2. The number of hydrogen-bond donors (Lipinski definition) is 1. The zero-order valence-corrected chi connectivity index (χ0v) is 4.49. The van der Waals surface area contributed by atoms with Crippen molar-refractivity contribution < 1.29 is 24.2 Å². The van der Waals surface area contributed by atoms with E-state index in [2.05, 4.69) is 0 Å². The molecule has 0 radical (unpaired) electrons. The molecule has 7 nitrogen and oxygen atoms in total. The van der Waals surface area contributed by atoms with Crippen molar-refractivity contribution in [1.82, 2.24) is 0 Å². The number of nitroso groups, excluding NO2 is 1. The molecule has 0 bridgehead atoms. The van der Waals surface area contributed by atoms with E-state index in [1.165, 1.54) is 0 Å². The molecule has 0 aromatic carbocycles. The van der Waals surface area contributed by atoms with Crippen LogP contribution in [0.1, 0.15) is 0 Å². The Hall–Kier alpha value is -1.47.